The Kier molecular flexibility index (Phi) is 6.61. The average Bonchev–Trinajstić information content (AvgIpc) is 3.21. The van der Waals surface area contributed by atoms with Crippen LogP contribution in [0.2, 0.25) is 0 Å². The lowest BCUT2D eigenvalue weighted by atomic mass is 10.2. The van der Waals surface area contributed by atoms with Crippen molar-refractivity contribution in [2.45, 2.75) is 24.2 Å². The second-order valence-electron chi connectivity index (χ2n) is 6.48. The summed E-state index contributed by atoms with van der Waals surface area (Å²) in [6.07, 6.45) is 1.56. The molecule has 29 heavy (non-hydrogen) atoms. The van der Waals surface area contributed by atoms with Crippen molar-refractivity contribution in [3.8, 4) is 0 Å². The van der Waals surface area contributed by atoms with Gasteiger partial charge in [0.25, 0.3) is 15.9 Å². The van der Waals surface area contributed by atoms with Crippen molar-refractivity contribution in [1.82, 2.24) is 10.0 Å². The van der Waals surface area contributed by atoms with E-state index in [0.717, 1.165) is 6.42 Å². The van der Waals surface area contributed by atoms with Crippen molar-refractivity contribution in [2.24, 2.45) is 4.99 Å². The third kappa shape index (κ3) is 5.89. The van der Waals surface area contributed by atoms with E-state index in [4.69, 9.17) is 0 Å². The lowest BCUT2D eigenvalue weighted by Gasteiger charge is -2.09. The summed E-state index contributed by atoms with van der Waals surface area (Å²) in [5.74, 6) is -0.0559. The second-order valence-corrected chi connectivity index (χ2v) is 8.16. The highest BCUT2D eigenvalue weighted by molar-refractivity contribution is 7.90. The lowest BCUT2D eigenvalue weighted by molar-refractivity contribution is -0.116. The molecule has 0 fully saturated rings. The molecule has 0 bridgehead atoms. The molecular weight excluding hydrogens is 392 g/mol. The van der Waals surface area contributed by atoms with E-state index in [0.29, 0.717) is 30.1 Å². The number of sulfonamides is 1. The zero-order chi connectivity index (χ0) is 20.7. The number of amidine groups is 1. The van der Waals surface area contributed by atoms with Gasteiger partial charge in [0.2, 0.25) is 5.91 Å². The maximum Gasteiger partial charge on any atom is 0.262 e. The van der Waals surface area contributed by atoms with Crippen LogP contribution in [-0.4, -0.2) is 39.2 Å². The summed E-state index contributed by atoms with van der Waals surface area (Å²) in [6.45, 7) is 0.826. The predicted molar refractivity (Wildman–Crippen MR) is 110 cm³/mol. The van der Waals surface area contributed by atoms with Crippen LogP contribution in [0.4, 0.5) is 5.69 Å². The van der Waals surface area contributed by atoms with Gasteiger partial charge in [0, 0.05) is 37.2 Å². The molecule has 0 radical (unpaired) electrons. The highest BCUT2D eigenvalue weighted by Gasteiger charge is 2.18. The first-order valence-corrected chi connectivity index (χ1v) is 10.7. The minimum Gasteiger partial charge on any atom is -0.352 e. The van der Waals surface area contributed by atoms with Crippen molar-refractivity contribution in [3.63, 3.8) is 0 Å². The fraction of sp³-hybridized carbons (Fsp3) is 0.250. The molecule has 0 unspecified atom stereocenters. The van der Waals surface area contributed by atoms with Crippen LogP contribution in [0.1, 0.15) is 29.6 Å². The summed E-state index contributed by atoms with van der Waals surface area (Å²) in [5.41, 5.74) is 1.00. The first-order valence-electron chi connectivity index (χ1n) is 9.23. The van der Waals surface area contributed by atoms with Gasteiger partial charge in [-0.05, 0) is 42.8 Å². The van der Waals surface area contributed by atoms with E-state index in [9.17, 15) is 18.0 Å². The number of hydrogen-bond acceptors (Lipinski definition) is 5. The number of nitrogens with one attached hydrogen (secondary N) is 3. The molecule has 8 nitrogen and oxygen atoms in total. The molecule has 1 heterocycles. The van der Waals surface area contributed by atoms with Gasteiger partial charge in [-0.3, -0.25) is 19.3 Å². The zero-order valence-electron chi connectivity index (χ0n) is 15.7. The van der Waals surface area contributed by atoms with Crippen molar-refractivity contribution >= 4 is 33.4 Å². The maximum absolute atomic E-state index is 12.3. The number of aliphatic imine (C=N–C) groups is 1. The van der Waals surface area contributed by atoms with Gasteiger partial charge in [-0.2, -0.15) is 0 Å². The summed E-state index contributed by atoms with van der Waals surface area (Å²) in [6, 6.07) is 14.6. The Balaban J connectivity index is 1.47. The monoisotopic (exact) mass is 414 g/mol. The van der Waals surface area contributed by atoms with E-state index in [-0.39, 0.29) is 29.7 Å². The molecule has 1 aliphatic rings. The van der Waals surface area contributed by atoms with Gasteiger partial charge >= 0.3 is 0 Å². The fourth-order valence-corrected chi connectivity index (χ4v) is 3.85. The zero-order valence-corrected chi connectivity index (χ0v) is 16.5. The molecule has 3 rings (SSSR count). The van der Waals surface area contributed by atoms with Crippen molar-refractivity contribution in [3.05, 3.63) is 60.2 Å². The minimum atomic E-state index is -3.68. The minimum absolute atomic E-state index is 0.0972. The van der Waals surface area contributed by atoms with Crippen molar-refractivity contribution in [2.75, 3.05) is 18.4 Å². The number of anilines is 1. The highest BCUT2D eigenvalue weighted by atomic mass is 32.2. The molecule has 0 spiro atoms. The summed E-state index contributed by atoms with van der Waals surface area (Å²) in [7, 11) is -3.68. The molecule has 0 atom stereocenters. The number of rotatable bonds is 7. The SMILES string of the molecule is O=C(CCNC(=O)c1ccccc1)Nc1ccc(S(=O)(=O)NC2=NCCC2)cc1. The Bertz CT molecular complexity index is 1000. The lowest BCUT2D eigenvalue weighted by Crippen LogP contribution is -2.29. The second kappa shape index (κ2) is 9.33. The summed E-state index contributed by atoms with van der Waals surface area (Å²) in [5, 5.41) is 5.36. The number of hydrogen-bond donors (Lipinski definition) is 3. The number of benzene rings is 2. The predicted octanol–water partition coefficient (Wildman–Crippen LogP) is 1.92. The molecule has 0 saturated carbocycles. The Labute approximate surface area is 169 Å². The van der Waals surface area contributed by atoms with Crippen LogP contribution in [0.15, 0.2) is 64.5 Å². The number of amides is 2. The van der Waals surface area contributed by atoms with Crippen LogP contribution < -0.4 is 15.4 Å². The smallest absolute Gasteiger partial charge is 0.262 e. The topological polar surface area (TPSA) is 117 Å². The van der Waals surface area contributed by atoms with Gasteiger partial charge in [0.05, 0.1) is 4.90 Å². The third-order valence-electron chi connectivity index (χ3n) is 4.25. The quantitative estimate of drug-likeness (QED) is 0.642. The Hall–Kier alpha value is -3.20. The Morgan fingerprint density at radius 2 is 1.72 bits per heavy atom. The van der Waals surface area contributed by atoms with Gasteiger partial charge in [0.15, 0.2) is 0 Å². The summed E-state index contributed by atoms with van der Waals surface area (Å²) in [4.78, 5) is 28.2. The standard InChI is InChI=1S/C20H22N4O4S/c25-19(12-14-22-20(26)15-5-2-1-3-6-15)23-16-8-10-17(11-9-16)29(27,28)24-18-7-4-13-21-18/h1-3,5-6,8-11H,4,7,12-14H2,(H,21,24)(H,22,26)(H,23,25). The largest absolute Gasteiger partial charge is 0.352 e. The van der Waals surface area contributed by atoms with Crippen LogP contribution in [0.3, 0.4) is 0 Å². The first kappa shape index (κ1) is 20.5. The molecular formula is C20H22N4O4S. The van der Waals surface area contributed by atoms with E-state index >= 15 is 0 Å². The van der Waals surface area contributed by atoms with E-state index in [1.54, 1.807) is 24.3 Å². The molecule has 2 aromatic carbocycles. The molecule has 0 aliphatic carbocycles. The highest BCUT2D eigenvalue weighted by Crippen LogP contribution is 2.15. The number of carbonyl (C=O) groups excluding carboxylic acids is 2. The van der Waals surface area contributed by atoms with Crippen LogP contribution in [0, 0.1) is 0 Å². The van der Waals surface area contributed by atoms with Crippen LogP contribution in [-0.2, 0) is 14.8 Å². The van der Waals surface area contributed by atoms with Gasteiger partial charge in [-0.15, -0.1) is 0 Å². The molecule has 2 aromatic rings. The third-order valence-corrected chi connectivity index (χ3v) is 5.65. The summed E-state index contributed by atoms with van der Waals surface area (Å²) < 4.78 is 27.1. The van der Waals surface area contributed by atoms with Crippen molar-refractivity contribution < 1.29 is 18.0 Å². The normalized spacial score (nSPS) is 13.4. The molecule has 152 valence electrons. The van der Waals surface area contributed by atoms with E-state index in [2.05, 4.69) is 20.3 Å². The molecule has 3 N–H and O–H groups in total. The van der Waals surface area contributed by atoms with Gasteiger partial charge in [-0.25, -0.2) is 8.42 Å². The van der Waals surface area contributed by atoms with Gasteiger partial charge < -0.3 is 10.6 Å². The van der Waals surface area contributed by atoms with Gasteiger partial charge in [-0.1, -0.05) is 18.2 Å². The van der Waals surface area contributed by atoms with Crippen molar-refractivity contribution in [1.29, 1.82) is 0 Å². The molecule has 9 heteroatoms. The Morgan fingerprint density at radius 1 is 1.00 bits per heavy atom. The number of nitrogens with zero attached hydrogens (tertiary/aromatic N) is 1. The molecule has 0 aromatic heterocycles. The maximum atomic E-state index is 12.3. The first-order chi connectivity index (χ1) is 13.9. The van der Waals surface area contributed by atoms with E-state index in [1.807, 2.05) is 6.07 Å². The van der Waals surface area contributed by atoms with Crippen LogP contribution in [0.25, 0.3) is 0 Å². The Morgan fingerprint density at radius 3 is 2.38 bits per heavy atom. The van der Waals surface area contributed by atoms with E-state index in [1.165, 1.54) is 24.3 Å². The summed E-state index contributed by atoms with van der Waals surface area (Å²) >= 11 is 0. The average molecular weight is 414 g/mol. The number of carbonyl (C=O) groups is 2. The fourth-order valence-electron chi connectivity index (χ4n) is 2.76. The van der Waals surface area contributed by atoms with Crippen LogP contribution >= 0.6 is 0 Å². The van der Waals surface area contributed by atoms with Gasteiger partial charge in [0.1, 0.15) is 5.84 Å². The molecule has 1 aliphatic heterocycles. The van der Waals surface area contributed by atoms with E-state index < -0.39 is 10.0 Å². The van der Waals surface area contributed by atoms with Crippen LogP contribution in [0.5, 0.6) is 0 Å². The molecule has 0 saturated heterocycles. The molecule has 2 amide bonds.